The van der Waals surface area contributed by atoms with E-state index >= 15 is 0 Å². The van der Waals surface area contributed by atoms with Gasteiger partial charge >= 0.3 is 0 Å². The molecule has 6 nitrogen and oxygen atoms in total. The Morgan fingerprint density at radius 3 is 2.80 bits per heavy atom. The predicted molar refractivity (Wildman–Crippen MR) is 119 cm³/mol. The number of carbonyl (C=O) groups is 1. The molecule has 1 aliphatic rings. The van der Waals surface area contributed by atoms with E-state index in [0.717, 1.165) is 43.6 Å². The number of hydrogen-bond acceptors (Lipinski definition) is 3. The molecular formula is C23H29ClN4O2. The van der Waals surface area contributed by atoms with Crippen molar-refractivity contribution in [3.63, 3.8) is 0 Å². The standard InChI is InChI=1S/C23H29ClN4O2/c1-5-27-21-9-8-17(12-20(21)25-23(27)24)22(29)26(4)13-18-11-15(2)28(16(18)3)14-19-7-6-10-30-19/h8-9,11-12,19H,5-7,10,13-14H2,1-4H3/t19-/m1/s1. The van der Waals surface area contributed by atoms with Crippen LogP contribution in [0.5, 0.6) is 0 Å². The average molecular weight is 429 g/mol. The Labute approximate surface area is 182 Å². The summed E-state index contributed by atoms with van der Waals surface area (Å²) < 4.78 is 10.0. The zero-order valence-electron chi connectivity index (χ0n) is 18.1. The van der Waals surface area contributed by atoms with Gasteiger partial charge in [-0.25, -0.2) is 4.98 Å². The van der Waals surface area contributed by atoms with Crippen molar-refractivity contribution in [2.45, 2.75) is 59.4 Å². The predicted octanol–water partition coefficient (Wildman–Crippen LogP) is 4.58. The number of nitrogens with zero attached hydrogens (tertiary/aromatic N) is 4. The van der Waals surface area contributed by atoms with E-state index in [1.165, 1.54) is 17.0 Å². The number of amides is 1. The highest BCUT2D eigenvalue weighted by molar-refractivity contribution is 6.29. The molecule has 1 amide bonds. The van der Waals surface area contributed by atoms with Crippen molar-refractivity contribution in [2.75, 3.05) is 13.7 Å². The highest BCUT2D eigenvalue weighted by atomic mass is 35.5. The number of halogens is 1. The monoisotopic (exact) mass is 428 g/mol. The Morgan fingerprint density at radius 1 is 1.30 bits per heavy atom. The number of aryl methyl sites for hydroxylation is 2. The van der Waals surface area contributed by atoms with Crippen LogP contribution in [0.3, 0.4) is 0 Å². The van der Waals surface area contributed by atoms with Crippen LogP contribution in [0.15, 0.2) is 24.3 Å². The Balaban J connectivity index is 1.51. The van der Waals surface area contributed by atoms with Gasteiger partial charge < -0.3 is 18.8 Å². The molecule has 2 aromatic heterocycles. The molecule has 160 valence electrons. The van der Waals surface area contributed by atoms with Gasteiger partial charge in [-0.3, -0.25) is 4.79 Å². The SMILES string of the molecule is CCn1c(Cl)nc2cc(C(=O)N(C)Cc3cc(C)n(C[C@H]4CCCO4)c3C)ccc21. The zero-order valence-corrected chi connectivity index (χ0v) is 18.9. The number of imidazole rings is 1. The van der Waals surface area contributed by atoms with Crippen LogP contribution >= 0.6 is 11.6 Å². The first kappa shape index (κ1) is 20.9. The topological polar surface area (TPSA) is 52.3 Å². The zero-order chi connectivity index (χ0) is 21.4. The van der Waals surface area contributed by atoms with E-state index in [-0.39, 0.29) is 5.91 Å². The van der Waals surface area contributed by atoms with Crippen LogP contribution in [0.1, 0.15) is 47.1 Å². The third-order valence-electron chi connectivity index (χ3n) is 6.11. The first-order chi connectivity index (χ1) is 14.4. The molecule has 3 heterocycles. The molecule has 0 radical (unpaired) electrons. The summed E-state index contributed by atoms with van der Waals surface area (Å²) in [4.78, 5) is 19.2. The molecule has 3 aromatic rings. The van der Waals surface area contributed by atoms with Crippen LogP contribution in [0.2, 0.25) is 5.28 Å². The van der Waals surface area contributed by atoms with Crippen LogP contribution in [-0.4, -0.2) is 44.7 Å². The summed E-state index contributed by atoms with van der Waals surface area (Å²) in [6.45, 7) is 9.31. The lowest BCUT2D eigenvalue weighted by molar-refractivity contribution is 0.0784. The molecule has 1 aromatic carbocycles. The van der Waals surface area contributed by atoms with Gasteiger partial charge in [-0.2, -0.15) is 0 Å². The maximum Gasteiger partial charge on any atom is 0.253 e. The summed E-state index contributed by atoms with van der Waals surface area (Å²) >= 11 is 6.21. The van der Waals surface area contributed by atoms with Crippen LogP contribution in [-0.2, 0) is 24.4 Å². The summed E-state index contributed by atoms with van der Waals surface area (Å²) in [5.74, 6) is -0.0250. The van der Waals surface area contributed by atoms with Gasteiger partial charge in [0.2, 0.25) is 5.28 Å². The molecule has 7 heteroatoms. The second-order valence-electron chi connectivity index (χ2n) is 8.13. The second kappa shape index (κ2) is 8.44. The van der Waals surface area contributed by atoms with E-state index in [9.17, 15) is 4.79 Å². The molecule has 0 aliphatic carbocycles. The number of aromatic nitrogens is 3. The van der Waals surface area contributed by atoms with E-state index in [0.29, 0.717) is 23.5 Å². The van der Waals surface area contributed by atoms with Crippen molar-refractivity contribution in [1.82, 2.24) is 19.0 Å². The quantitative estimate of drug-likeness (QED) is 0.577. The minimum Gasteiger partial charge on any atom is -0.376 e. The Hall–Kier alpha value is -2.31. The lowest BCUT2D eigenvalue weighted by atomic mass is 10.1. The third kappa shape index (κ3) is 3.86. The van der Waals surface area contributed by atoms with E-state index in [1.54, 1.807) is 4.90 Å². The summed E-state index contributed by atoms with van der Waals surface area (Å²) in [5, 5.41) is 0.448. The molecule has 1 saturated heterocycles. The number of carbonyl (C=O) groups excluding carboxylic acids is 1. The lowest BCUT2D eigenvalue weighted by Crippen LogP contribution is -2.26. The first-order valence-corrected chi connectivity index (χ1v) is 10.9. The maximum absolute atomic E-state index is 13.1. The fraction of sp³-hybridized carbons (Fsp3) is 0.478. The fourth-order valence-corrected chi connectivity index (χ4v) is 4.69. The fourth-order valence-electron chi connectivity index (χ4n) is 4.39. The molecule has 4 rings (SSSR count). The van der Waals surface area contributed by atoms with Crippen molar-refractivity contribution >= 4 is 28.5 Å². The van der Waals surface area contributed by atoms with E-state index in [2.05, 4.69) is 29.5 Å². The van der Waals surface area contributed by atoms with Gasteiger partial charge in [0.25, 0.3) is 5.91 Å². The normalized spacial score (nSPS) is 16.5. The lowest BCUT2D eigenvalue weighted by Gasteiger charge is -2.18. The van der Waals surface area contributed by atoms with E-state index in [4.69, 9.17) is 16.3 Å². The molecule has 1 atom stereocenters. The van der Waals surface area contributed by atoms with Gasteiger partial charge in [0.1, 0.15) is 0 Å². The maximum atomic E-state index is 13.1. The third-order valence-corrected chi connectivity index (χ3v) is 6.40. The molecule has 1 fully saturated rings. The highest BCUT2D eigenvalue weighted by Gasteiger charge is 2.21. The van der Waals surface area contributed by atoms with Gasteiger partial charge in [0.15, 0.2) is 0 Å². The number of fused-ring (bicyclic) bond motifs is 1. The number of ether oxygens (including phenoxy) is 1. The molecule has 30 heavy (non-hydrogen) atoms. The van der Waals surface area contributed by atoms with Gasteiger partial charge in [-0.05, 0) is 75.0 Å². The van der Waals surface area contributed by atoms with E-state index in [1.807, 2.05) is 36.7 Å². The van der Waals surface area contributed by atoms with Crippen LogP contribution < -0.4 is 0 Å². The van der Waals surface area contributed by atoms with Crippen molar-refractivity contribution in [1.29, 1.82) is 0 Å². The highest BCUT2D eigenvalue weighted by Crippen LogP contribution is 2.24. The smallest absolute Gasteiger partial charge is 0.253 e. The largest absolute Gasteiger partial charge is 0.376 e. The molecule has 0 unspecified atom stereocenters. The Bertz CT molecular complexity index is 1080. The Kier molecular flexibility index (Phi) is 5.89. The van der Waals surface area contributed by atoms with Crippen molar-refractivity contribution in [3.8, 4) is 0 Å². The van der Waals surface area contributed by atoms with Crippen LogP contribution in [0, 0.1) is 13.8 Å². The molecule has 0 saturated carbocycles. The van der Waals surface area contributed by atoms with Crippen LogP contribution in [0.4, 0.5) is 0 Å². The Morgan fingerprint density at radius 2 is 2.10 bits per heavy atom. The summed E-state index contributed by atoms with van der Waals surface area (Å²) in [5.41, 5.74) is 5.89. The average Bonchev–Trinajstić information content (AvgIpc) is 3.41. The van der Waals surface area contributed by atoms with Gasteiger partial charge in [0, 0.05) is 50.2 Å². The number of benzene rings is 1. The van der Waals surface area contributed by atoms with Gasteiger partial charge in [-0.15, -0.1) is 0 Å². The van der Waals surface area contributed by atoms with Gasteiger partial charge in [-0.1, -0.05) is 0 Å². The minimum atomic E-state index is -0.0250. The molecule has 0 spiro atoms. The van der Waals surface area contributed by atoms with Gasteiger partial charge in [0.05, 0.1) is 17.1 Å². The number of hydrogen-bond donors (Lipinski definition) is 0. The molecule has 0 N–H and O–H groups in total. The summed E-state index contributed by atoms with van der Waals surface area (Å²) in [6.07, 6.45) is 2.55. The van der Waals surface area contributed by atoms with E-state index < -0.39 is 0 Å². The summed E-state index contributed by atoms with van der Waals surface area (Å²) in [6, 6.07) is 7.78. The second-order valence-corrected chi connectivity index (χ2v) is 8.47. The molecular weight excluding hydrogens is 400 g/mol. The van der Waals surface area contributed by atoms with Crippen molar-refractivity contribution in [3.05, 3.63) is 52.1 Å². The van der Waals surface area contributed by atoms with Crippen LogP contribution in [0.25, 0.3) is 11.0 Å². The molecule has 0 bridgehead atoms. The molecule has 1 aliphatic heterocycles. The summed E-state index contributed by atoms with van der Waals surface area (Å²) in [7, 11) is 1.84. The number of rotatable bonds is 6. The minimum absolute atomic E-state index is 0.0250. The van der Waals surface area contributed by atoms with Crippen molar-refractivity contribution in [2.24, 2.45) is 0 Å². The first-order valence-electron chi connectivity index (χ1n) is 10.6. The van der Waals surface area contributed by atoms with Crippen molar-refractivity contribution < 1.29 is 9.53 Å².